The van der Waals surface area contributed by atoms with E-state index in [1.165, 1.54) is 0 Å². The van der Waals surface area contributed by atoms with E-state index < -0.39 is 0 Å². The summed E-state index contributed by atoms with van der Waals surface area (Å²) in [5.41, 5.74) is 0.874. The Hall–Kier alpha value is -1.67. The second kappa shape index (κ2) is 3.60. The third-order valence-corrected chi connectivity index (χ3v) is 2.37. The van der Waals surface area contributed by atoms with E-state index >= 15 is 0 Å². The van der Waals surface area contributed by atoms with Gasteiger partial charge in [-0.05, 0) is 28.1 Å². The van der Waals surface area contributed by atoms with Crippen LogP contribution in [-0.2, 0) is 0 Å². The van der Waals surface area contributed by atoms with Gasteiger partial charge in [0.15, 0.2) is 5.69 Å². The number of rotatable bonds is 1. The standard InChI is InChI=1S/C9H4BrN3O/c10-8-7(5-11)13-14-9(8)6-3-1-2-4-12-6/h1-4H. The Kier molecular flexibility index (Phi) is 2.29. The third-order valence-electron chi connectivity index (χ3n) is 1.64. The lowest BCUT2D eigenvalue weighted by atomic mass is 10.3. The van der Waals surface area contributed by atoms with Crippen molar-refractivity contribution in [3.8, 4) is 17.5 Å². The maximum atomic E-state index is 8.66. The summed E-state index contributed by atoms with van der Waals surface area (Å²) in [5, 5.41) is 12.2. The number of pyridine rings is 1. The Balaban J connectivity index is 2.54. The van der Waals surface area contributed by atoms with E-state index in [0.29, 0.717) is 15.9 Å². The molecule has 0 aliphatic rings. The molecule has 4 nitrogen and oxygen atoms in total. The Morgan fingerprint density at radius 2 is 2.29 bits per heavy atom. The fourth-order valence-electron chi connectivity index (χ4n) is 1.00. The number of nitriles is 1. The predicted octanol–water partition coefficient (Wildman–Crippen LogP) is 2.37. The molecule has 2 heterocycles. The van der Waals surface area contributed by atoms with Crippen molar-refractivity contribution in [2.45, 2.75) is 0 Å². The van der Waals surface area contributed by atoms with Crippen molar-refractivity contribution >= 4 is 15.9 Å². The van der Waals surface area contributed by atoms with Crippen LogP contribution < -0.4 is 0 Å². The van der Waals surface area contributed by atoms with Gasteiger partial charge >= 0.3 is 0 Å². The first-order valence-electron chi connectivity index (χ1n) is 3.79. The third kappa shape index (κ3) is 1.40. The Morgan fingerprint density at radius 1 is 1.43 bits per heavy atom. The van der Waals surface area contributed by atoms with Crippen LogP contribution in [0.15, 0.2) is 33.4 Å². The van der Waals surface area contributed by atoms with Crippen LogP contribution in [0, 0.1) is 11.3 Å². The van der Waals surface area contributed by atoms with E-state index in [1.54, 1.807) is 18.3 Å². The van der Waals surface area contributed by atoms with Gasteiger partial charge in [0.25, 0.3) is 0 Å². The van der Waals surface area contributed by atoms with Gasteiger partial charge in [-0.25, -0.2) is 0 Å². The molecule has 68 valence electrons. The van der Waals surface area contributed by atoms with Gasteiger partial charge in [0.1, 0.15) is 16.2 Å². The molecule has 0 fully saturated rings. The minimum absolute atomic E-state index is 0.227. The number of halogens is 1. The van der Waals surface area contributed by atoms with E-state index in [-0.39, 0.29) is 5.69 Å². The highest BCUT2D eigenvalue weighted by atomic mass is 79.9. The molecule has 2 rings (SSSR count). The van der Waals surface area contributed by atoms with E-state index in [1.807, 2.05) is 12.1 Å². The SMILES string of the molecule is N#Cc1noc(-c2ccccn2)c1Br. The highest BCUT2D eigenvalue weighted by molar-refractivity contribution is 9.10. The molecule has 0 atom stereocenters. The minimum Gasteiger partial charge on any atom is -0.352 e. The van der Waals surface area contributed by atoms with E-state index in [4.69, 9.17) is 9.78 Å². The van der Waals surface area contributed by atoms with Crippen LogP contribution in [0.3, 0.4) is 0 Å². The van der Waals surface area contributed by atoms with Crippen LogP contribution in [0.1, 0.15) is 5.69 Å². The van der Waals surface area contributed by atoms with Crippen molar-refractivity contribution in [2.75, 3.05) is 0 Å². The van der Waals surface area contributed by atoms with Crippen LogP contribution in [0.2, 0.25) is 0 Å². The average molecular weight is 250 g/mol. The molecule has 0 aliphatic heterocycles. The summed E-state index contributed by atoms with van der Waals surface area (Å²) in [4.78, 5) is 4.08. The van der Waals surface area contributed by atoms with Crippen LogP contribution in [0.25, 0.3) is 11.5 Å². The summed E-state index contributed by atoms with van der Waals surface area (Å²) in [5.74, 6) is 0.474. The summed E-state index contributed by atoms with van der Waals surface area (Å²) >= 11 is 3.23. The first-order valence-corrected chi connectivity index (χ1v) is 4.59. The van der Waals surface area contributed by atoms with Gasteiger partial charge in [0.2, 0.25) is 5.76 Å². The zero-order chi connectivity index (χ0) is 9.97. The minimum atomic E-state index is 0.227. The Bertz CT molecular complexity index is 487. The smallest absolute Gasteiger partial charge is 0.200 e. The van der Waals surface area contributed by atoms with Crippen molar-refractivity contribution in [3.05, 3.63) is 34.6 Å². The fourth-order valence-corrected chi connectivity index (χ4v) is 1.44. The van der Waals surface area contributed by atoms with Crippen molar-refractivity contribution in [2.24, 2.45) is 0 Å². The normalized spacial score (nSPS) is 9.71. The molecular formula is C9H4BrN3O. The molecule has 2 aromatic rings. The second-order valence-electron chi connectivity index (χ2n) is 2.50. The molecule has 0 radical (unpaired) electrons. The number of hydrogen-bond donors (Lipinski definition) is 0. The van der Waals surface area contributed by atoms with Crippen molar-refractivity contribution in [1.29, 1.82) is 5.26 Å². The summed E-state index contributed by atoms with van der Waals surface area (Å²) in [6.45, 7) is 0. The highest BCUT2D eigenvalue weighted by Gasteiger charge is 2.15. The van der Waals surface area contributed by atoms with Gasteiger partial charge in [0, 0.05) is 6.20 Å². The molecule has 0 N–H and O–H groups in total. The van der Waals surface area contributed by atoms with Crippen LogP contribution in [0.4, 0.5) is 0 Å². The second-order valence-corrected chi connectivity index (χ2v) is 3.29. The maximum Gasteiger partial charge on any atom is 0.200 e. The van der Waals surface area contributed by atoms with Crippen LogP contribution in [0.5, 0.6) is 0 Å². The average Bonchev–Trinajstić information content (AvgIpc) is 2.61. The first-order chi connectivity index (χ1) is 6.83. The lowest BCUT2D eigenvalue weighted by Gasteiger charge is -1.92. The zero-order valence-electron chi connectivity index (χ0n) is 6.94. The summed E-state index contributed by atoms with van der Waals surface area (Å²) < 4.78 is 5.53. The van der Waals surface area contributed by atoms with E-state index in [2.05, 4.69) is 26.1 Å². The molecule has 14 heavy (non-hydrogen) atoms. The number of nitrogens with zero attached hydrogens (tertiary/aromatic N) is 3. The van der Waals surface area contributed by atoms with Crippen molar-refractivity contribution in [3.63, 3.8) is 0 Å². The molecule has 0 unspecified atom stereocenters. The number of aromatic nitrogens is 2. The number of hydrogen-bond acceptors (Lipinski definition) is 4. The van der Waals surface area contributed by atoms with Gasteiger partial charge in [-0.1, -0.05) is 11.2 Å². The molecule has 0 spiro atoms. The van der Waals surface area contributed by atoms with Crippen LogP contribution in [-0.4, -0.2) is 10.1 Å². The van der Waals surface area contributed by atoms with Gasteiger partial charge < -0.3 is 4.52 Å². The summed E-state index contributed by atoms with van der Waals surface area (Å²) in [7, 11) is 0. The first kappa shape index (κ1) is 8.91. The van der Waals surface area contributed by atoms with E-state index in [0.717, 1.165) is 0 Å². The topological polar surface area (TPSA) is 62.7 Å². The molecule has 0 saturated carbocycles. The van der Waals surface area contributed by atoms with Gasteiger partial charge in [-0.2, -0.15) is 5.26 Å². The van der Waals surface area contributed by atoms with Crippen molar-refractivity contribution < 1.29 is 4.52 Å². The van der Waals surface area contributed by atoms with Crippen molar-refractivity contribution in [1.82, 2.24) is 10.1 Å². The molecule has 0 aliphatic carbocycles. The van der Waals surface area contributed by atoms with Crippen LogP contribution >= 0.6 is 15.9 Å². The highest BCUT2D eigenvalue weighted by Crippen LogP contribution is 2.28. The monoisotopic (exact) mass is 249 g/mol. The van der Waals surface area contributed by atoms with Gasteiger partial charge in [-0.15, -0.1) is 0 Å². The molecule has 5 heteroatoms. The largest absolute Gasteiger partial charge is 0.352 e. The van der Waals surface area contributed by atoms with Gasteiger partial charge in [-0.3, -0.25) is 4.98 Å². The molecule has 2 aromatic heterocycles. The molecule has 0 aromatic carbocycles. The lowest BCUT2D eigenvalue weighted by Crippen LogP contribution is -1.79. The molecular weight excluding hydrogens is 246 g/mol. The van der Waals surface area contributed by atoms with E-state index in [9.17, 15) is 0 Å². The Labute approximate surface area is 88.3 Å². The van der Waals surface area contributed by atoms with Gasteiger partial charge in [0.05, 0.1) is 0 Å². The summed E-state index contributed by atoms with van der Waals surface area (Å²) in [6.07, 6.45) is 1.65. The molecule has 0 saturated heterocycles. The Morgan fingerprint density at radius 3 is 2.86 bits per heavy atom. The predicted molar refractivity (Wildman–Crippen MR) is 52.1 cm³/mol. The maximum absolute atomic E-state index is 8.66. The summed E-state index contributed by atoms with van der Waals surface area (Å²) in [6, 6.07) is 7.33. The fraction of sp³-hybridized carbons (Fsp3) is 0. The quantitative estimate of drug-likeness (QED) is 0.779. The molecule has 0 bridgehead atoms. The lowest BCUT2D eigenvalue weighted by molar-refractivity contribution is 0.428. The zero-order valence-corrected chi connectivity index (χ0v) is 8.52. The molecule has 0 amide bonds.